The van der Waals surface area contributed by atoms with Crippen LogP contribution < -0.4 is 10.1 Å². The van der Waals surface area contributed by atoms with Crippen LogP contribution in [0.2, 0.25) is 0 Å². The average Bonchev–Trinajstić information content (AvgIpc) is 2.98. The molecule has 2 rings (SSSR count). The second-order valence-corrected chi connectivity index (χ2v) is 4.23. The monoisotopic (exact) mass is 274 g/mol. The number of rotatable bonds is 7. The minimum Gasteiger partial charge on any atom is -0.494 e. The van der Waals surface area contributed by atoms with Gasteiger partial charge in [0.15, 0.2) is 0 Å². The minimum absolute atomic E-state index is 0.0215. The number of hydrogen-bond acceptors (Lipinski definition) is 4. The molecular formula is C14H18N4O2. The van der Waals surface area contributed by atoms with Gasteiger partial charge in [0.25, 0.3) is 0 Å². The van der Waals surface area contributed by atoms with Crippen molar-refractivity contribution in [3.63, 3.8) is 0 Å². The Morgan fingerprint density at radius 2 is 2.25 bits per heavy atom. The first-order chi connectivity index (χ1) is 9.79. The first-order valence-electron chi connectivity index (χ1n) is 6.59. The molecule has 2 aromatic rings. The van der Waals surface area contributed by atoms with E-state index in [1.165, 1.54) is 6.33 Å². The van der Waals surface area contributed by atoms with Crippen LogP contribution in [0, 0.1) is 0 Å². The summed E-state index contributed by atoms with van der Waals surface area (Å²) in [7, 11) is 0. The average molecular weight is 274 g/mol. The van der Waals surface area contributed by atoms with E-state index in [1.54, 1.807) is 11.0 Å². The van der Waals surface area contributed by atoms with Crippen molar-refractivity contribution in [2.45, 2.75) is 26.4 Å². The fourth-order valence-corrected chi connectivity index (χ4v) is 1.79. The van der Waals surface area contributed by atoms with Gasteiger partial charge in [-0.2, -0.15) is 5.10 Å². The summed E-state index contributed by atoms with van der Waals surface area (Å²) in [6.07, 6.45) is 3.42. The summed E-state index contributed by atoms with van der Waals surface area (Å²) in [6, 6.07) is 7.70. The van der Waals surface area contributed by atoms with E-state index in [9.17, 15) is 4.79 Å². The second-order valence-electron chi connectivity index (χ2n) is 4.23. The van der Waals surface area contributed by atoms with Crippen molar-refractivity contribution in [3.8, 4) is 5.75 Å². The highest BCUT2D eigenvalue weighted by Crippen LogP contribution is 2.17. The zero-order valence-corrected chi connectivity index (χ0v) is 11.5. The summed E-state index contributed by atoms with van der Waals surface area (Å²) in [5.41, 5.74) is 0.975. The maximum atomic E-state index is 11.8. The molecule has 6 heteroatoms. The molecule has 1 amide bonds. The van der Waals surface area contributed by atoms with Crippen LogP contribution in [0.25, 0.3) is 0 Å². The highest BCUT2D eigenvalue weighted by atomic mass is 16.5. The number of para-hydroxylation sites is 1. The molecule has 1 aromatic heterocycles. The quantitative estimate of drug-likeness (QED) is 0.828. The van der Waals surface area contributed by atoms with Gasteiger partial charge < -0.3 is 10.1 Å². The van der Waals surface area contributed by atoms with Gasteiger partial charge in [0.2, 0.25) is 5.91 Å². The van der Waals surface area contributed by atoms with Crippen LogP contribution in [0.15, 0.2) is 36.9 Å². The molecule has 1 N–H and O–H groups in total. The third kappa shape index (κ3) is 4.08. The Bertz CT molecular complexity index is 540. The minimum atomic E-state index is -0.0215. The number of carbonyl (C=O) groups excluding carboxylic acids is 1. The van der Waals surface area contributed by atoms with Crippen LogP contribution in [-0.2, 0) is 17.9 Å². The van der Waals surface area contributed by atoms with Crippen molar-refractivity contribution in [1.29, 1.82) is 0 Å². The third-order valence-corrected chi connectivity index (χ3v) is 2.78. The predicted molar refractivity (Wildman–Crippen MR) is 74.1 cm³/mol. The van der Waals surface area contributed by atoms with Crippen LogP contribution in [0.5, 0.6) is 5.75 Å². The van der Waals surface area contributed by atoms with E-state index < -0.39 is 0 Å². The predicted octanol–water partition coefficient (Wildman–Crippen LogP) is 1.38. The van der Waals surface area contributed by atoms with Crippen LogP contribution >= 0.6 is 0 Å². The van der Waals surface area contributed by atoms with Crippen molar-refractivity contribution in [1.82, 2.24) is 20.1 Å². The second kappa shape index (κ2) is 7.28. The molecule has 0 aliphatic carbocycles. The standard InChI is InChI=1S/C14H18N4O2/c1-2-20-13-6-4-3-5-12(13)9-16-14(19)7-8-18-11-15-10-17-18/h3-6,10-11H,2,7-9H2,1H3,(H,16,19). The molecule has 0 spiro atoms. The number of nitrogens with zero attached hydrogens (tertiary/aromatic N) is 3. The van der Waals surface area contributed by atoms with Gasteiger partial charge in [-0.25, -0.2) is 4.98 Å². The molecule has 6 nitrogen and oxygen atoms in total. The summed E-state index contributed by atoms with van der Waals surface area (Å²) in [6.45, 7) is 3.54. The lowest BCUT2D eigenvalue weighted by molar-refractivity contribution is -0.121. The van der Waals surface area contributed by atoms with E-state index in [0.717, 1.165) is 11.3 Å². The molecule has 0 radical (unpaired) electrons. The van der Waals surface area contributed by atoms with E-state index in [4.69, 9.17) is 4.74 Å². The molecular weight excluding hydrogens is 256 g/mol. The summed E-state index contributed by atoms with van der Waals surface area (Å²) < 4.78 is 7.15. The van der Waals surface area contributed by atoms with E-state index in [1.807, 2.05) is 31.2 Å². The SMILES string of the molecule is CCOc1ccccc1CNC(=O)CCn1cncn1. The Kier molecular flexibility index (Phi) is 5.11. The first-order valence-corrected chi connectivity index (χ1v) is 6.59. The van der Waals surface area contributed by atoms with Crippen molar-refractivity contribution in [2.24, 2.45) is 0 Å². The Morgan fingerprint density at radius 3 is 3.00 bits per heavy atom. The van der Waals surface area contributed by atoms with Crippen molar-refractivity contribution in [2.75, 3.05) is 6.61 Å². The Hall–Kier alpha value is -2.37. The topological polar surface area (TPSA) is 69.0 Å². The molecule has 0 atom stereocenters. The highest BCUT2D eigenvalue weighted by Gasteiger charge is 2.05. The van der Waals surface area contributed by atoms with Gasteiger partial charge in [-0.15, -0.1) is 0 Å². The fourth-order valence-electron chi connectivity index (χ4n) is 1.79. The van der Waals surface area contributed by atoms with Gasteiger partial charge >= 0.3 is 0 Å². The molecule has 0 bridgehead atoms. The molecule has 0 fully saturated rings. The van der Waals surface area contributed by atoms with Crippen molar-refractivity contribution in [3.05, 3.63) is 42.5 Å². The van der Waals surface area contributed by atoms with E-state index >= 15 is 0 Å². The molecule has 0 saturated heterocycles. The number of hydrogen-bond donors (Lipinski definition) is 1. The molecule has 1 aromatic carbocycles. The van der Waals surface area contributed by atoms with Gasteiger partial charge in [-0.05, 0) is 13.0 Å². The van der Waals surface area contributed by atoms with Crippen molar-refractivity contribution < 1.29 is 9.53 Å². The summed E-state index contributed by atoms with van der Waals surface area (Å²) in [4.78, 5) is 15.6. The summed E-state index contributed by atoms with van der Waals surface area (Å²) in [5.74, 6) is 0.790. The Morgan fingerprint density at radius 1 is 1.40 bits per heavy atom. The van der Waals surface area contributed by atoms with E-state index in [0.29, 0.717) is 26.1 Å². The van der Waals surface area contributed by atoms with Crippen LogP contribution in [0.3, 0.4) is 0 Å². The molecule has 1 heterocycles. The molecule has 0 aliphatic heterocycles. The maximum Gasteiger partial charge on any atom is 0.222 e. The summed E-state index contributed by atoms with van der Waals surface area (Å²) >= 11 is 0. The molecule has 20 heavy (non-hydrogen) atoms. The normalized spacial score (nSPS) is 10.2. The smallest absolute Gasteiger partial charge is 0.222 e. The number of carbonyl (C=O) groups is 1. The lowest BCUT2D eigenvalue weighted by Gasteiger charge is -2.10. The summed E-state index contributed by atoms with van der Waals surface area (Å²) in [5, 5.41) is 6.83. The molecule has 0 aliphatic rings. The van der Waals surface area contributed by atoms with Crippen LogP contribution in [-0.4, -0.2) is 27.3 Å². The van der Waals surface area contributed by atoms with Gasteiger partial charge in [0, 0.05) is 18.5 Å². The largest absolute Gasteiger partial charge is 0.494 e. The molecule has 0 saturated carbocycles. The number of aromatic nitrogens is 3. The maximum absolute atomic E-state index is 11.8. The number of benzene rings is 1. The number of amides is 1. The Balaban J connectivity index is 1.81. The molecule has 0 unspecified atom stereocenters. The fraction of sp³-hybridized carbons (Fsp3) is 0.357. The first kappa shape index (κ1) is 14.0. The van der Waals surface area contributed by atoms with E-state index in [2.05, 4.69) is 15.4 Å². The lowest BCUT2D eigenvalue weighted by Crippen LogP contribution is -2.24. The van der Waals surface area contributed by atoms with Gasteiger partial charge in [-0.3, -0.25) is 9.48 Å². The lowest BCUT2D eigenvalue weighted by atomic mass is 10.2. The highest BCUT2D eigenvalue weighted by molar-refractivity contribution is 5.75. The number of nitrogens with one attached hydrogen (secondary N) is 1. The van der Waals surface area contributed by atoms with Gasteiger partial charge in [0.05, 0.1) is 13.2 Å². The third-order valence-electron chi connectivity index (χ3n) is 2.78. The van der Waals surface area contributed by atoms with E-state index in [-0.39, 0.29) is 5.91 Å². The van der Waals surface area contributed by atoms with Crippen molar-refractivity contribution >= 4 is 5.91 Å². The number of aryl methyl sites for hydroxylation is 1. The van der Waals surface area contributed by atoms with Gasteiger partial charge in [0.1, 0.15) is 18.4 Å². The zero-order valence-electron chi connectivity index (χ0n) is 11.5. The molecule has 106 valence electrons. The Labute approximate surface area is 117 Å². The van der Waals surface area contributed by atoms with Crippen LogP contribution in [0.4, 0.5) is 0 Å². The van der Waals surface area contributed by atoms with Gasteiger partial charge in [-0.1, -0.05) is 18.2 Å². The van der Waals surface area contributed by atoms with Crippen LogP contribution in [0.1, 0.15) is 18.9 Å². The number of ether oxygens (including phenoxy) is 1. The zero-order chi connectivity index (χ0) is 14.2.